The molecule has 0 aromatic carbocycles. The molecule has 0 bridgehead atoms. The van der Waals surface area contributed by atoms with E-state index in [2.05, 4.69) is 31.2 Å². The molecule has 86 valence electrons. The Labute approximate surface area is 91.6 Å². The molecule has 15 heavy (non-hydrogen) atoms. The second-order valence-corrected chi connectivity index (χ2v) is 4.22. The Bertz CT molecular complexity index is 307. The standard InChI is InChI=1S/C11H21N3O/c1-8(2)11(7-15-5)13-10-6-12-14(4)9(10)3/h6,8,11,13H,7H2,1-5H3. The highest BCUT2D eigenvalue weighted by Crippen LogP contribution is 2.16. The van der Waals surface area contributed by atoms with Crippen molar-refractivity contribution in [2.75, 3.05) is 19.0 Å². The zero-order valence-electron chi connectivity index (χ0n) is 10.2. The lowest BCUT2D eigenvalue weighted by molar-refractivity contribution is 0.171. The van der Waals surface area contributed by atoms with E-state index < -0.39 is 0 Å². The van der Waals surface area contributed by atoms with Crippen LogP contribution in [0.15, 0.2) is 6.20 Å². The molecular weight excluding hydrogens is 190 g/mol. The number of aromatic nitrogens is 2. The van der Waals surface area contributed by atoms with Gasteiger partial charge in [-0.3, -0.25) is 4.68 Å². The third-order valence-electron chi connectivity index (χ3n) is 2.73. The first kappa shape index (κ1) is 12.0. The fourth-order valence-corrected chi connectivity index (χ4v) is 1.42. The van der Waals surface area contributed by atoms with Gasteiger partial charge in [-0.15, -0.1) is 0 Å². The van der Waals surface area contributed by atoms with Gasteiger partial charge < -0.3 is 10.1 Å². The fraction of sp³-hybridized carbons (Fsp3) is 0.727. The minimum absolute atomic E-state index is 0.331. The van der Waals surface area contributed by atoms with Crippen molar-refractivity contribution in [1.82, 2.24) is 9.78 Å². The SMILES string of the molecule is COCC(Nc1cnn(C)c1C)C(C)C. The third kappa shape index (κ3) is 2.96. The van der Waals surface area contributed by atoms with Crippen molar-refractivity contribution in [1.29, 1.82) is 0 Å². The number of anilines is 1. The Morgan fingerprint density at radius 1 is 1.53 bits per heavy atom. The summed E-state index contributed by atoms with van der Waals surface area (Å²) in [4.78, 5) is 0. The van der Waals surface area contributed by atoms with E-state index >= 15 is 0 Å². The normalized spacial score (nSPS) is 13.2. The van der Waals surface area contributed by atoms with Crippen LogP contribution in [0, 0.1) is 12.8 Å². The van der Waals surface area contributed by atoms with Crippen LogP contribution in [0.4, 0.5) is 5.69 Å². The summed E-state index contributed by atoms with van der Waals surface area (Å²) in [6.07, 6.45) is 1.86. The van der Waals surface area contributed by atoms with Gasteiger partial charge in [-0.05, 0) is 12.8 Å². The summed E-state index contributed by atoms with van der Waals surface area (Å²) in [6.45, 7) is 7.14. The van der Waals surface area contributed by atoms with Gasteiger partial charge in [-0.25, -0.2) is 0 Å². The molecule has 1 atom stereocenters. The predicted octanol–water partition coefficient (Wildman–Crippen LogP) is 1.81. The van der Waals surface area contributed by atoms with E-state index in [9.17, 15) is 0 Å². The Morgan fingerprint density at radius 3 is 2.60 bits per heavy atom. The molecule has 4 heteroatoms. The first-order valence-corrected chi connectivity index (χ1v) is 5.30. The summed E-state index contributed by atoms with van der Waals surface area (Å²) in [5.41, 5.74) is 2.24. The molecule has 0 saturated carbocycles. The molecule has 0 aliphatic rings. The second kappa shape index (κ2) is 5.16. The lowest BCUT2D eigenvalue weighted by atomic mass is 10.1. The number of hydrogen-bond acceptors (Lipinski definition) is 3. The average Bonchev–Trinajstić information content (AvgIpc) is 2.48. The first-order chi connectivity index (χ1) is 7.06. The monoisotopic (exact) mass is 211 g/mol. The van der Waals surface area contributed by atoms with Gasteiger partial charge in [0.15, 0.2) is 0 Å². The van der Waals surface area contributed by atoms with E-state index in [0.29, 0.717) is 18.6 Å². The molecule has 0 radical (unpaired) electrons. The molecule has 1 rings (SSSR count). The Kier molecular flexibility index (Phi) is 4.15. The van der Waals surface area contributed by atoms with E-state index in [1.165, 1.54) is 0 Å². The minimum atomic E-state index is 0.331. The molecule has 1 heterocycles. The van der Waals surface area contributed by atoms with Crippen molar-refractivity contribution in [2.45, 2.75) is 26.8 Å². The zero-order chi connectivity index (χ0) is 11.4. The highest BCUT2D eigenvalue weighted by molar-refractivity contribution is 5.46. The van der Waals surface area contributed by atoms with Gasteiger partial charge in [0.1, 0.15) is 0 Å². The maximum absolute atomic E-state index is 5.19. The van der Waals surface area contributed by atoms with Crippen LogP contribution >= 0.6 is 0 Å². The van der Waals surface area contributed by atoms with Crippen molar-refractivity contribution in [2.24, 2.45) is 13.0 Å². The molecule has 1 aromatic rings. The van der Waals surface area contributed by atoms with Gasteiger partial charge in [-0.1, -0.05) is 13.8 Å². The molecule has 0 saturated heterocycles. The van der Waals surface area contributed by atoms with Crippen LogP contribution in [-0.2, 0) is 11.8 Å². The van der Waals surface area contributed by atoms with Crippen molar-refractivity contribution in [3.8, 4) is 0 Å². The van der Waals surface area contributed by atoms with Crippen molar-refractivity contribution in [3.05, 3.63) is 11.9 Å². The summed E-state index contributed by atoms with van der Waals surface area (Å²) in [7, 11) is 3.67. The van der Waals surface area contributed by atoms with Gasteiger partial charge in [0.25, 0.3) is 0 Å². The summed E-state index contributed by atoms with van der Waals surface area (Å²) in [5.74, 6) is 0.532. The van der Waals surface area contributed by atoms with E-state index in [4.69, 9.17) is 4.74 Å². The summed E-state index contributed by atoms with van der Waals surface area (Å²) in [6, 6.07) is 0.331. The Balaban J connectivity index is 2.69. The van der Waals surface area contributed by atoms with Crippen molar-refractivity contribution < 1.29 is 4.74 Å². The molecule has 0 aliphatic carbocycles. The number of ether oxygens (including phenoxy) is 1. The zero-order valence-corrected chi connectivity index (χ0v) is 10.2. The lowest BCUT2D eigenvalue weighted by Crippen LogP contribution is -2.30. The molecule has 0 spiro atoms. The summed E-state index contributed by atoms with van der Waals surface area (Å²) >= 11 is 0. The van der Waals surface area contributed by atoms with Crippen LogP contribution in [0.5, 0.6) is 0 Å². The van der Waals surface area contributed by atoms with Gasteiger partial charge >= 0.3 is 0 Å². The molecule has 1 unspecified atom stereocenters. The molecule has 0 fully saturated rings. The second-order valence-electron chi connectivity index (χ2n) is 4.22. The molecule has 0 aliphatic heterocycles. The molecule has 1 aromatic heterocycles. The number of methoxy groups -OCH3 is 1. The van der Waals surface area contributed by atoms with E-state index in [1.807, 2.05) is 17.9 Å². The number of nitrogens with one attached hydrogen (secondary N) is 1. The van der Waals surface area contributed by atoms with Crippen LogP contribution < -0.4 is 5.32 Å². The maximum Gasteiger partial charge on any atom is 0.0759 e. The lowest BCUT2D eigenvalue weighted by Gasteiger charge is -2.22. The van der Waals surface area contributed by atoms with Crippen molar-refractivity contribution >= 4 is 5.69 Å². The van der Waals surface area contributed by atoms with E-state index in [0.717, 1.165) is 11.4 Å². The van der Waals surface area contributed by atoms with Crippen LogP contribution in [0.1, 0.15) is 19.5 Å². The fourth-order valence-electron chi connectivity index (χ4n) is 1.42. The topological polar surface area (TPSA) is 39.1 Å². The quantitative estimate of drug-likeness (QED) is 0.807. The number of rotatable bonds is 5. The predicted molar refractivity (Wildman–Crippen MR) is 62.1 cm³/mol. The summed E-state index contributed by atoms with van der Waals surface area (Å²) in [5, 5.41) is 7.66. The number of hydrogen-bond donors (Lipinski definition) is 1. The highest BCUT2D eigenvalue weighted by atomic mass is 16.5. The van der Waals surface area contributed by atoms with Gasteiger partial charge in [0.2, 0.25) is 0 Å². The Morgan fingerprint density at radius 2 is 2.20 bits per heavy atom. The molecule has 0 amide bonds. The highest BCUT2D eigenvalue weighted by Gasteiger charge is 2.14. The van der Waals surface area contributed by atoms with Crippen LogP contribution in [0.3, 0.4) is 0 Å². The van der Waals surface area contributed by atoms with E-state index in [1.54, 1.807) is 7.11 Å². The third-order valence-corrected chi connectivity index (χ3v) is 2.73. The molecule has 4 nitrogen and oxygen atoms in total. The van der Waals surface area contributed by atoms with Crippen molar-refractivity contribution in [3.63, 3.8) is 0 Å². The van der Waals surface area contributed by atoms with Gasteiger partial charge in [0.05, 0.1) is 30.2 Å². The smallest absolute Gasteiger partial charge is 0.0759 e. The number of aryl methyl sites for hydroxylation is 1. The van der Waals surface area contributed by atoms with Gasteiger partial charge in [-0.2, -0.15) is 5.10 Å². The number of nitrogens with zero attached hydrogens (tertiary/aromatic N) is 2. The molecular formula is C11H21N3O. The summed E-state index contributed by atoms with van der Waals surface area (Å²) < 4.78 is 7.06. The van der Waals surface area contributed by atoms with E-state index in [-0.39, 0.29) is 0 Å². The largest absolute Gasteiger partial charge is 0.383 e. The van der Waals surface area contributed by atoms with Crippen LogP contribution in [0.25, 0.3) is 0 Å². The first-order valence-electron chi connectivity index (χ1n) is 5.30. The molecule has 1 N–H and O–H groups in total. The van der Waals surface area contributed by atoms with Gasteiger partial charge in [0, 0.05) is 14.2 Å². The average molecular weight is 211 g/mol. The minimum Gasteiger partial charge on any atom is -0.383 e. The Hall–Kier alpha value is -1.03. The maximum atomic E-state index is 5.19. The van der Waals surface area contributed by atoms with Crippen LogP contribution in [-0.4, -0.2) is 29.5 Å². The van der Waals surface area contributed by atoms with Crippen LogP contribution in [0.2, 0.25) is 0 Å².